The first-order valence-corrected chi connectivity index (χ1v) is 5.59. The normalized spacial score (nSPS) is 11.4. The SMILES string of the molecule is O=C(O)c1ccc(COc2ccc(F)c(C(F)(F)F)c2)o1. The highest BCUT2D eigenvalue weighted by Crippen LogP contribution is 2.33. The molecular formula is C13H8F4O4. The minimum atomic E-state index is -4.83. The zero-order valence-electron chi connectivity index (χ0n) is 10.3. The van der Waals surface area contributed by atoms with Crippen molar-refractivity contribution in [2.75, 3.05) is 0 Å². The smallest absolute Gasteiger partial charge is 0.419 e. The third-order valence-electron chi connectivity index (χ3n) is 2.50. The first-order chi connectivity index (χ1) is 9.77. The van der Waals surface area contributed by atoms with Crippen molar-refractivity contribution in [3.8, 4) is 5.75 Å². The molecule has 0 radical (unpaired) electrons. The maximum Gasteiger partial charge on any atom is 0.419 e. The number of ether oxygens (including phenoxy) is 1. The zero-order chi connectivity index (χ0) is 15.6. The van der Waals surface area contributed by atoms with Gasteiger partial charge in [0.2, 0.25) is 5.76 Å². The predicted molar refractivity (Wildman–Crippen MR) is 61.4 cm³/mol. The van der Waals surface area contributed by atoms with E-state index in [0.717, 1.165) is 6.07 Å². The number of alkyl halides is 3. The van der Waals surface area contributed by atoms with E-state index in [9.17, 15) is 22.4 Å². The average Bonchev–Trinajstić information content (AvgIpc) is 2.85. The molecule has 0 aliphatic carbocycles. The number of furan rings is 1. The van der Waals surface area contributed by atoms with Crippen molar-refractivity contribution in [3.63, 3.8) is 0 Å². The van der Waals surface area contributed by atoms with Gasteiger partial charge in [-0.05, 0) is 30.3 Å². The molecule has 0 saturated carbocycles. The summed E-state index contributed by atoms with van der Waals surface area (Å²) in [6.45, 7) is -0.282. The summed E-state index contributed by atoms with van der Waals surface area (Å²) in [6.07, 6.45) is -4.83. The van der Waals surface area contributed by atoms with Crippen molar-refractivity contribution < 1.29 is 36.6 Å². The Labute approximate surface area is 115 Å². The molecule has 0 saturated heterocycles. The Hall–Kier alpha value is -2.51. The molecule has 0 spiro atoms. The average molecular weight is 304 g/mol. The van der Waals surface area contributed by atoms with Crippen molar-refractivity contribution in [2.45, 2.75) is 12.8 Å². The summed E-state index contributed by atoms with van der Waals surface area (Å²) in [7, 11) is 0. The van der Waals surface area contributed by atoms with Crippen molar-refractivity contribution in [2.24, 2.45) is 0 Å². The standard InChI is InChI=1S/C13H8F4O4/c14-10-3-1-7(5-9(10)13(15,16)17)20-6-8-2-4-11(21-8)12(18)19/h1-5H,6H2,(H,18,19). The summed E-state index contributed by atoms with van der Waals surface area (Å²) in [5, 5.41) is 8.64. The Bertz CT molecular complexity index is 660. The number of carboxylic acids is 1. The van der Waals surface area contributed by atoms with Crippen LogP contribution in [0.25, 0.3) is 0 Å². The van der Waals surface area contributed by atoms with Crippen LogP contribution >= 0.6 is 0 Å². The molecule has 112 valence electrons. The third-order valence-corrected chi connectivity index (χ3v) is 2.50. The minimum absolute atomic E-state index is 0.116. The summed E-state index contributed by atoms with van der Waals surface area (Å²) in [5.74, 6) is -3.09. The second kappa shape index (κ2) is 5.47. The second-order valence-electron chi connectivity index (χ2n) is 4.00. The van der Waals surface area contributed by atoms with E-state index in [1.54, 1.807) is 0 Å². The maximum absolute atomic E-state index is 13.1. The summed E-state index contributed by atoms with van der Waals surface area (Å²) >= 11 is 0. The van der Waals surface area contributed by atoms with Crippen LogP contribution in [0.4, 0.5) is 17.6 Å². The van der Waals surface area contributed by atoms with E-state index in [-0.39, 0.29) is 23.9 Å². The van der Waals surface area contributed by atoms with Gasteiger partial charge in [0, 0.05) is 0 Å². The van der Waals surface area contributed by atoms with Gasteiger partial charge >= 0.3 is 12.1 Å². The molecule has 0 aliphatic heterocycles. The molecule has 1 heterocycles. The van der Waals surface area contributed by atoms with Gasteiger partial charge in [0.05, 0.1) is 5.56 Å². The van der Waals surface area contributed by atoms with Gasteiger partial charge in [-0.3, -0.25) is 0 Å². The molecule has 0 aliphatic rings. The molecule has 0 fully saturated rings. The molecule has 8 heteroatoms. The molecule has 0 amide bonds. The van der Waals surface area contributed by atoms with E-state index >= 15 is 0 Å². The number of carboxylic acid groups (broad SMARTS) is 1. The maximum atomic E-state index is 13.1. The van der Waals surface area contributed by atoms with Crippen LogP contribution < -0.4 is 4.74 Å². The van der Waals surface area contributed by atoms with Crippen LogP contribution in [0.2, 0.25) is 0 Å². The van der Waals surface area contributed by atoms with Crippen molar-refractivity contribution in [3.05, 3.63) is 53.2 Å². The molecule has 0 unspecified atom stereocenters. The van der Waals surface area contributed by atoms with Gasteiger partial charge < -0.3 is 14.3 Å². The lowest BCUT2D eigenvalue weighted by atomic mass is 10.2. The molecule has 0 atom stereocenters. The summed E-state index contributed by atoms with van der Waals surface area (Å²) < 4.78 is 60.5. The van der Waals surface area contributed by atoms with Crippen LogP contribution in [0.5, 0.6) is 5.75 Å². The lowest BCUT2D eigenvalue weighted by Crippen LogP contribution is -2.08. The summed E-state index contributed by atoms with van der Waals surface area (Å²) in [5.41, 5.74) is -1.44. The molecule has 21 heavy (non-hydrogen) atoms. The Morgan fingerprint density at radius 3 is 2.52 bits per heavy atom. The minimum Gasteiger partial charge on any atom is -0.486 e. The van der Waals surface area contributed by atoms with E-state index < -0.39 is 23.5 Å². The van der Waals surface area contributed by atoms with E-state index in [4.69, 9.17) is 14.3 Å². The Kier molecular flexibility index (Phi) is 3.88. The molecule has 2 aromatic rings. The number of rotatable bonds is 4. The van der Waals surface area contributed by atoms with Crippen LogP contribution in [-0.2, 0) is 12.8 Å². The highest BCUT2D eigenvalue weighted by atomic mass is 19.4. The molecule has 0 bridgehead atoms. The molecule has 1 aromatic carbocycles. The third kappa shape index (κ3) is 3.53. The zero-order valence-corrected chi connectivity index (χ0v) is 10.3. The van der Waals surface area contributed by atoms with Crippen LogP contribution in [0.1, 0.15) is 21.9 Å². The van der Waals surface area contributed by atoms with E-state index in [1.807, 2.05) is 0 Å². The van der Waals surface area contributed by atoms with Crippen molar-refractivity contribution in [1.82, 2.24) is 0 Å². The number of benzene rings is 1. The van der Waals surface area contributed by atoms with Crippen LogP contribution in [0.15, 0.2) is 34.7 Å². The fourth-order valence-electron chi connectivity index (χ4n) is 1.54. The van der Waals surface area contributed by atoms with E-state index in [1.165, 1.54) is 12.1 Å². The summed E-state index contributed by atoms with van der Waals surface area (Å²) in [6, 6.07) is 4.70. The quantitative estimate of drug-likeness (QED) is 0.875. The van der Waals surface area contributed by atoms with Gasteiger partial charge in [-0.25, -0.2) is 9.18 Å². The molecule has 2 rings (SSSR count). The topological polar surface area (TPSA) is 59.7 Å². The van der Waals surface area contributed by atoms with Gasteiger partial charge in [0.15, 0.2) is 0 Å². The van der Waals surface area contributed by atoms with Gasteiger partial charge in [0.25, 0.3) is 0 Å². The Balaban J connectivity index is 2.11. The monoisotopic (exact) mass is 304 g/mol. The van der Waals surface area contributed by atoms with E-state index in [2.05, 4.69) is 0 Å². The number of aromatic carboxylic acids is 1. The fraction of sp³-hybridized carbons (Fsp3) is 0.154. The van der Waals surface area contributed by atoms with Crippen molar-refractivity contribution >= 4 is 5.97 Å². The van der Waals surface area contributed by atoms with Crippen LogP contribution in [-0.4, -0.2) is 11.1 Å². The van der Waals surface area contributed by atoms with Gasteiger partial charge in [-0.15, -0.1) is 0 Å². The van der Waals surface area contributed by atoms with Gasteiger partial charge in [-0.1, -0.05) is 0 Å². The molecule has 1 aromatic heterocycles. The Morgan fingerprint density at radius 1 is 1.24 bits per heavy atom. The lowest BCUT2D eigenvalue weighted by Gasteiger charge is -2.10. The van der Waals surface area contributed by atoms with Gasteiger partial charge in [-0.2, -0.15) is 13.2 Å². The van der Waals surface area contributed by atoms with Gasteiger partial charge in [0.1, 0.15) is 23.9 Å². The molecule has 1 N–H and O–H groups in total. The largest absolute Gasteiger partial charge is 0.486 e. The highest BCUT2D eigenvalue weighted by molar-refractivity contribution is 5.84. The first kappa shape index (κ1) is 14.9. The second-order valence-corrected chi connectivity index (χ2v) is 4.00. The van der Waals surface area contributed by atoms with Crippen molar-refractivity contribution in [1.29, 1.82) is 0 Å². The Morgan fingerprint density at radius 2 is 1.95 bits per heavy atom. The summed E-state index contributed by atoms with van der Waals surface area (Å²) in [4.78, 5) is 10.6. The fourth-order valence-corrected chi connectivity index (χ4v) is 1.54. The molecule has 4 nitrogen and oxygen atoms in total. The lowest BCUT2D eigenvalue weighted by molar-refractivity contribution is -0.140. The van der Waals surface area contributed by atoms with Crippen LogP contribution in [0.3, 0.4) is 0 Å². The van der Waals surface area contributed by atoms with Crippen LogP contribution in [0, 0.1) is 5.82 Å². The first-order valence-electron chi connectivity index (χ1n) is 5.59. The number of carbonyl (C=O) groups is 1. The number of halogens is 4. The highest BCUT2D eigenvalue weighted by Gasteiger charge is 2.34. The van der Waals surface area contributed by atoms with E-state index in [0.29, 0.717) is 12.1 Å². The number of hydrogen-bond donors (Lipinski definition) is 1. The predicted octanol–water partition coefficient (Wildman–Crippen LogP) is 3.71. The molecular weight excluding hydrogens is 296 g/mol. The number of hydrogen-bond acceptors (Lipinski definition) is 3.